The zero-order valence-electron chi connectivity index (χ0n) is 17.4. The van der Waals surface area contributed by atoms with E-state index >= 15 is 0 Å². The second-order valence-corrected chi connectivity index (χ2v) is 7.17. The van der Waals surface area contributed by atoms with E-state index in [-0.39, 0.29) is 12.1 Å². The number of hydrogen-bond acceptors (Lipinski definition) is 5. The Morgan fingerprint density at radius 1 is 1.14 bits per heavy atom. The van der Waals surface area contributed by atoms with E-state index in [0.717, 1.165) is 30.1 Å². The van der Waals surface area contributed by atoms with E-state index in [1.165, 1.54) is 0 Å². The Bertz CT molecular complexity index is 804. The summed E-state index contributed by atoms with van der Waals surface area (Å²) >= 11 is 0. The lowest BCUT2D eigenvalue weighted by Gasteiger charge is -2.36. The van der Waals surface area contributed by atoms with E-state index in [9.17, 15) is 4.79 Å². The third-order valence-corrected chi connectivity index (χ3v) is 4.70. The summed E-state index contributed by atoms with van der Waals surface area (Å²) in [6, 6.07) is 11.8. The molecule has 0 aliphatic carbocycles. The van der Waals surface area contributed by atoms with E-state index in [4.69, 9.17) is 9.47 Å². The highest BCUT2D eigenvalue weighted by Gasteiger charge is 2.23. The highest BCUT2D eigenvalue weighted by atomic mass is 16.5. The maximum atomic E-state index is 12.6. The lowest BCUT2D eigenvalue weighted by Crippen LogP contribution is -2.51. The number of para-hydroxylation sites is 2. The van der Waals surface area contributed by atoms with Gasteiger partial charge in [0.25, 0.3) is 0 Å². The molecule has 1 aromatic carbocycles. The standard InChI is InChI=1S/C22H30N4O3/c1-4-28-20-10-6-5-9-19(20)25-12-14-26(15-13-25)22(27)24-16-18-8-7-11-23-21(18)29-17(2)3/h5-11,17H,4,12-16H2,1-3H3,(H,24,27). The number of rotatable bonds is 7. The molecule has 0 saturated carbocycles. The molecular weight excluding hydrogens is 368 g/mol. The van der Waals surface area contributed by atoms with Crippen LogP contribution in [0.25, 0.3) is 0 Å². The van der Waals surface area contributed by atoms with Gasteiger partial charge in [0, 0.05) is 44.5 Å². The minimum atomic E-state index is -0.0675. The molecule has 2 amide bonds. The molecule has 0 unspecified atom stereocenters. The summed E-state index contributed by atoms with van der Waals surface area (Å²) in [6.45, 7) is 9.79. The molecule has 1 aromatic heterocycles. The number of urea groups is 1. The van der Waals surface area contributed by atoms with Gasteiger partial charge in [-0.25, -0.2) is 9.78 Å². The van der Waals surface area contributed by atoms with Crippen molar-refractivity contribution < 1.29 is 14.3 Å². The van der Waals surface area contributed by atoms with Crippen LogP contribution >= 0.6 is 0 Å². The van der Waals surface area contributed by atoms with Crippen molar-refractivity contribution in [2.75, 3.05) is 37.7 Å². The molecule has 29 heavy (non-hydrogen) atoms. The first kappa shape index (κ1) is 20.8. The normalized spacial score (nSPS) is 14.1. The monoisotopic (exact) mass is 398 g/mol. The highest BCUT2D eigenvalue weighted by Crippen LogP contribution is 2.28. The Balaban J connectivity index is 1.54. The number of carbonyl (C=O) groups excluding carboxylic acids is 1. The van der Waals surface area contributed by atoms with Crippen molar-refractivity contribution in [2.45, 2.75) is 33.4 Å². The quantitative estimate of drug-likeness (QED) is 0.775. The molecule has 1 saturated heterocycles. The van der Waals surface area contributed by atoms with Crippen molar-refractivity contribution in [1.82, 2.24) is 15.2 Å². The summed E-state index contributed by atoms with van der Waals surface area (Å²) < 4.78 is 11.5. The predicted molar refractivity (Wildman–Crippen MR) is 114 cm³/mol. The first-order chi connectivity index (χ1) is 14.1. The van der Waals surface area contributed by atoms with Crippen LogP contribution in [0.5, 0.6) is 11.6 Å². The van der Waals surface area contributed by atoms with Gasteiger partial charge >= 0.3 is 6.03 Å². The summed E-state index contributed by atoms with van der Waals surface area (Å²) in [5.74, 6) is 1.46. The molecule has 1 fully saturated rings. The van der Waals surface area contributed by atoms with Gasteiger partial charge < -0.3 is 24.6 Å². The molecule has 1 aliphatic heterocycles. The third kappa shape index (κ3) is 5.53. The molecule has 7 heteroatoms. The van der Waals surface area contributed by atoms with Crippen LogP contribution in [-0.4, -0.2) is 54.8 Å². The van der Waals surface area contributed by atoms with E-state index in [1.807, 2.05) is 56.0 Å². The van der Waals surface area contributed by atoms with Gasteiger partial charge in [0.15, 0.2) is 0 Å². The molecule has 2 aromatic rings. The average Bonchev–Trinajstić information content (AvgIpc) is 2.73. The number of benzene rings is 1. The van der Waals surface area contributed by atoms with Gasteiger partial charge in [-0.15, -0.1) is 0 Å². The number of nitrogens with one attached hydrogen (secondary N) is 1. The van der Waals surface area contributed by atoms with Gasteiger partial charge in [-0.1, -0.05) is 18.2 Å². The molecule has 156 valence electrons. The maximum absolute atomic E-state index is 12.6. The number of hydrogen-bond donors (Lipinski definition) is 1. The molecule has 1 aliphatic rings. The van der Waals surface area contributed by atoms with Crippen LogP contribution in [0.1, 0.15) is 26.3 Å². The van der Waals surface area contributed by atoms with Gasteiger partial charge in [-0.3, -0.25) is 0 Å². The zero-order valence-corrected chi connectivity index (χ0v) is 17.4. The topological polar surface area (TPSA) is 66.9 Å². The number of amides is 2. The van der Waals surface area contributed by atoms with E-state index in [1.54, 1.807) is 6.20 Å². The molecule has 0 spiro atoms. The third-order valence-electron chi connectivity index (χ3n) is 4.70. The number of pyridine rings is 1. The molecule has 0 bridgehead atoms. The fourth-order valence-electron chi connectivity index (χ4n) is 3.32. The number of anilines is 1. The highest BCUT2D eigenvalue weighted by molar-refractivity contribution is 5.74. The summed E-state index contributed by atoms with van der Waals surface area (Å²) in [7, 11) is 0. The first-order valence-electron chi connectivity index (χ1n) is 10.2. The fraction of sp³-hybridized carbons (Fsp3) is 0.455. The van der Waals surface area contributed by atoms with Gasteiger partial charge in [0.2, 0.25) is 5.88 Å². The van der Waals surface area contributed by atoms with Crippen molar-refractivity contribution in [2.24, 2.45) is 0 Å². The maximum Gasteiger partial charge on any atom is 0.317 e. The number of carbonyl (C=O) groups is 1. The van der Waals surface area contributed by atoms with Crippen LogP contribution in [0.4, 0.5) is 10.5 Å². The van der Waals surface area contributed by atoms with Crippen molar-refractivity contribution >= 4 is 11.7 Å². The largest absolute Gasteiger partial charge is 0.492 e. The Morgan fingerprint density at radius 3 is 2.62 bits per heavy atom. The van der Waals surface area contributed by atoms with E-state index in [2.05, 4.69) is 21.3 Å². The molecular formula is C22H30N4O3. The molecule has 7 nitrogen and oxygen atoms in total. The van der Waals surface area contributed by atoms with Gasteiger partial charge in [0.1, 0.15) is 5.75 Å². The fourth-order valence-corrected chi connectivity index (χ4v) is 3.32. The van der Waals surface area contributed by atoms with Crippen LogP contribution in [0, 0.1) is 0 Å². The number of aromatic nitrogens is 1. The summed E-state index contributed by atoms with van der Waals surface area (Å²) in [5, 5.41) is 2.99. The van der Waals surface area contributed by atoms with E-state index < -0.39 is 0 Å². The Labute approximate surface area is 172 Å². The molecule has 0 atom stereocenters. The number of nitrogens with zero attached hydrogens (tertiary/aromatic N) is 3. The van der Waals surface area contributed by atoms with E-state index in [0.29, 0.717) is 32.1 Å². The van der Waals surface area contributed by atoms with Gasteiger partial charge in [-0.2, -0.15) is 0 Å². The summed E-state index contributed by atoms with van der Waals surface area (Å²) in [6.07, 6.45) is 1.73. The second kappa shape index (κ2) is 10.0. The van der Waals surface area contributed by atoms with Crippen LogP contribution in [0.15, 0.2) is 42.6 Å². The lowest BCUT2D eigenvalue weighted by atomic mass is 10.2. The van der Waals surface area contributed by atoms with Gasteiger partial charge in [0.05, 0.1) is 18.4 Å². The van der Waals surface area contributed by atoms with Crippen molar-refractivity contribution in [3.63, 3.8) is 0 Å². The van der Waals surface area contributed by atoms with Crippen molar-refractivity contribution in [3.05, 3.63) is 48.2 Å². The average molecular weight is 399 g/mol. The Hall–Kier alpha value is -2.96. The Kier molecular flexibility index (Phi) is 7.16. The summed E-state index contributed by atoms with van der Waals surface area (Å²) in [4.78, 5) is 21.0. The Morgan fingerprint density at radius 2 is 1.90 bits per heavy atom. The first-order valence-corrected chi connectivity index (χ1v) is 10.2. The van der Waals surface area contributed by atoms with Gasteiger partial charge in [-0.05, 0) is 39.0 Å². The van der Waals surface area contributed by atoms with Crippen LogP contribution in [-0.2, 0) is 6.54 Å². The minimum absolute atomic E-state index is 0.0343. The smallest absolute Gasteiger partial charge is 0.317 e. The van der Waals surface area contributed by atoms with Crippen molar-refractivity contribution in [3.8, 4) is 11.6 Å². The molecule has 2 heterocycles. The molecule has 3 rings (SSSR count). The summed E-state index contributed by atoms with van der Waals surface area (Å²) in [5.41, 5.74) is 1.96. The molecule has 1 N–H and O–H groups in total. The lowest BCUT2D eigenvalue weighted by molar-refractivity contribution is 0.193. The number of piperazine rings is 1. The zero-order chi connectivity index (χ0) is 20.6. The van der Waals surface area contributed by atoms with Crippen LogP contribution in [0.2, 0.25) is 0 Å². The SMILES string of the molecule is CCOc1ccccc1N1CCN(C(=O)NCc2cccnc2OC(C)C)CC1. The number of ether oxygens (including phenoxy) is 2. The minimum Gasteiger partial charge on any atom is -0.492 e. The van der Waals surface area contributed by atoms with Crippen LogP contribution in [0.3, 0.4) is 0 Å². The molecule has 0 radical (unpaired) electrons. The predicted octanol–water partition coefficient (Wildman–Crippen LogP) is 3.30. The second-order valence-electron chi connectivity index (χ2n) is 7.17. The van der Waals surface area contributed by atoms with Crippen molar-refractivity contribution in [1.29, 1.82) is 0 Å². The van der Waals surface area contributed by atoms with Crippen LogP contribution < -0.4 is 19.7 Å².